The highest BCUT2D eigenvalue weighted by atomic mass is 16.1. The van der Waals surface area contributed by atoms with Crippen molar-refractivity contribution in [3.63, 3.8) is 0 Å². The van der Waals surface area contributed by atoms with Crippen LogP contribution in [0.3, 0.4) is 0 Å². The Labute approximate surface area is 172 Å². The number of carbonyl (C=O) groups is 1. The average Bonchev–Trinajstić information content (AvgIpc) is 2.95. The van der Waals surface area contributed by atoms with Crippen molar-refractivity contribution >= 4 is 17.7 Å². The predicted molar refractivity (Wildman–Crippen MR) is 118 cm³/mol. The molecule has 3 aromatic rings. The van der Waals surface area contributed by atoms with Crippen LogP contribution in [-0.2, 0) is 4.79 Å². The highest BCUT2D eigenvalue weighted by molar-refractivity contribution is 6.10. The molecule has 1 aromatic heterocycles. The number of hydrogen-bond donors (Lipinski definition) is 1. The van der Waals surface area contributed by atoms with Crippen molar-refractivity contribution in [2.24, 2.45) is 0 Å². The Balaban J connectivity index is 1.96. The van der Waals surface area contributed by atoms with Crippen molar-refractivity contribution in [2.75, 3.05) is 5.32 Å². The Bertz CT molecular complexity index is 1160. The molecule has 0 atom stereocenters. The Kier molecular flexibility index (Phi) is 5.70. The number of anilines is 1. The summed E-state index contributed by atoms with van der Waals surface area (Å²) in [4.78, 5) is 12.7. The first-order valence-corrected chi connectivity index (χ1v) is 9.56. The molecule has 0 bridgehead atoms. The highest BCUT2D eigenvalue weighted by Gasteiger charge is 2.15. The van der Waals surface area contributed by atoms with Gasteiger partial charge in [-0.25, -0.2) is 0 Å². The molecule has 4 heteroatoms. The van der Waals surface area contributed by atoms with Crippen LogP contribution >= 0.6 is 0 Å². The second-order valence-electron chi connectivity index (χ2n) is 7.44. The quantitative estimate of drug-likeness (QED) is 0.473. The summed E-state index contributed by atoms with van der Waals surface area (Å²) in [5.41, 5.74) is 7.95. The van der Waals surface area contributed by atoms with Gasteiger partial charge in [-0.1, -0.05) is 24.3 Å². The van der Waals surface area contributed by atoms with E-state index in [1.165, 1.54) is 5.56 Å². The van der Waals surface area contributed by atoms with Gasteiger partial charge in [-0.3, -0.25) is 4.79 Å². The van der Waals surface area contributed by atoms with E-state index < -0.39 is 5.91 Å². The molecule has 1 heterocycles. The van der Waals surface area contributed by atoms with Gasteiger partial charge >= 0.3 is 0 Å². The Hall–Kier alpha value is -3.58. The van der Waals surface area contributed by atoms with Crippen molar-refractivity contribution in [3.05, 3.63) is 87.7 Å². The molecule has 146 valence electrons. The molecule has 0 aliphatic rings. The van der Waals surface area contributed by atoms with E-state index >= 15 is 0 Å². The fourth-order valence-electron chi connectivity index (χ4n) is 3.46. The minimum atomic E-state index is -0.401. The third-order valence-corrected chi connectivity index (χ3v) is 5.04. The summed E-state index contributed by atoms with van der Waals surface area (Å²) in [6, 6.07) is 18.2. The molecule has 0 fully saturated rings. The van der Waals surface area contributed by atoms with Crippen molar-refractivity contribution in [1.29, 1.82) is 5.26 Å². The maximum atomic E-state index is 12.7. The van der Waals surface area contributed by atoms with E-state index in [0.29, 0.717) is 0 Å². The van der Waals surface area contributed by atoms with Crippen LogP contribution in [0.2, 0.25) is 0 Å². The number of carbonyl (C=O) groups excluding carboxylic acids is 1. The molecule has 0 spiro atoms. The van der Waals surface area contributed by atoms with E-state index in [-0.39, 0.29) is 5.57 Å². The lowest BCUT2D eigenvalue weighted by Crippen LogP contribution is -2.14. The van der Waals surface area contributed by atoms with Crippen LogP contribution in [0.5, 0.6) is 0 Å². The summed E-state index contributed by atoms with van der Waals surface area (Å²) < 4.78 is 2.14. The monoisotopic (exact) mass is 383 g/mol. The van der Waals surface area contributed by atoms with Crippen LogP contribution in [0.15, 0.2) is 54.1 Å². The minimum absolute atomic E-state index is 0.0791. The third-order valence-electron chi connectivity index (χ3n) is 5.04. The number of amides is 1. The molecule has 0 unspecified atom stereocenters. The predicted octanol–water partition coefficient (Wildman–Crippen LogP) is 5.57. The van der Waals surface area contributed by atoms with E-state index in [9.17, 15) is 10.1 Å². The molecule has 0 aliphatic carbocycles. The molecule has 0 saturated heterocycles. The number of aryl methyl sites for hydroxylation is 4. The van der Waals surface area contributed by atoms with Gasteiger partial charge < -0.3 is 9.88 Å². The van der Waals surface area contributed by atoms with Crippen LogP contribution < -0.4 is 5.32 Å². The maximum Gasteiger partial charge on any atom is 0.266 e. The van der Waals surface area contributed by atoms with E-state index in [4.69, 9.17) is 0 Å². The molecule has 1 N–H and O–H groups in total. The number of nitrogens with one attached hydrogen (secondary N) is 1. The maximum absolute atomic E-state index is 12.7. The summed E-state index contributed by atoms with van der Waals surface area (Å²) in [5.74, 6) is -0.401. The zero-order valence-corrected chi connectivity index (χ0v) is 17.5. The summed E-state index contributed by atoms with van der Waals surface area (Å²) in [6.45, 7) is 9.98. The van der Waals surface area contributed by atoms with Crippen LogP contribution in [0.25, 0.3) is 11.8 Å². The Morgan fingerprint density at radius 1 is 1.00 bits per heavy atom. The van der Waals surface area contributed by atoms with Crippen molar-refractivity contribution < 1.29 is 4.79 Å². The van der Waals surface area contributed by atoms with Crippen LogP contribution in [0.4, 0.5) is 5.69 Å². The Morgan fingerprint density at radius 2 is 1.72 bits per heavy atom. The number of nitrogens with zero attached hydrogens (tertiary/aromatic N) is 2. The van der Waals surface area contributed by atoms with E-state index in [0.717, 1.165) is 39.5 Å². The molecule has 0 saturated carbocycles. The van der Waals surface area contributed by atoms with Gasteiger partial charge in [0.25, 0.3) is 5.91 Å². The third kappa shape index (κ3) is 4.30. The van der Waals surface area contributed by atoms with Gasteiger partial charge in [-0.05, 0) is 87.2 Å². The standard InChI is InChI=1S/C25H25N3O/c1-16-7-6-8-23(11-16)28-19(4)13-21(20(28)5)14-22(15-26)25(29)27-24-12-17(2)9-10-18(24)3/h6-14H,1-5H3,(H,27,29)/b22-14+. The van der Waals surface area contributed by atoms with E-state index in [1.54, 1.807) is 6.08 Å². The van der Waals surface area contributed by atoms with Crippen LogP contribution in [0, 0.1) is 45.9 Å². The van der Waals surface area contributed by atoms with Crippen molar-refractivity contribution in [1.82, 2.24) is 4.57 Å². The first-order chi connectivity index (χ1) is 13.8. The van der Waals surface area contributed by atoms with Gasteiger partial charge in [0.05, 0.1) is 0 Å². The number of nitriles is 1. The van der Waals surface area contributed by atoms with E-state index in [2.05, 4.69) is 35.0 Å². The van der Waals surface area contributed by atoms with Gasteiger partial charge in [-0.15, -0.1) is 0 Å². The zero-order chi connectivity index (χ0) is 21.1. The lowest BCUT2D eigenvalue weighted by Gasteiger charge is -2.10. The summed E-state index contributed by atoms with van der Waals surface area (Å²) >= 11 is 0. The largest absolute Gasteiger partial charge is 0.321 e. The molecular weight excluding hydrogens is 358 g/mol. The average molecular weight is 383 g/mol. The molecular formula is C25H25N3O. The first kappa shape index (κ1) is 20.2. The van der Waals surface area contributed by atoms with Gasteiger partial charge in [0.2, 0.25) is 0 Å². The van der Waals surface area contributed by atoms with Crippen molar-refractivity contribution in [2.45, 2.75) is 34.6 Å². The topological polar surface area (TPSA) is 57.8 Å². The molecule has 2 aromatic carbocycles. The molecule has 29 heavy (non-hydrogen) atoms. The Morgan fingerprint density at radius 3 is 2.41 bits per heavy atom. The van der Waals surface area contributed by atoms with Gasteiger partial charge in [0.1, 0.15) is 11.6 Å². The number of benzene rings is 2. The molecule has 4 nitrogen and oxygen atoms in total. The molecule has 0 radical (unpaired) electrons. The van der Waals surface area contributed by atoms with Gasteiger partial charge in [0.15, 0.2) is 0 Å². The molecule has 0 aliphatic heterocycles. The molecule has 3 rings (SSSR count). The summed E-state index contributed by atoms with van der Waals surface area (Å²) in [7, 11) is 0. The number of aromatic nitrogens is 1. The zero-order valence-electron chi connectivity index (χ0n) is 17.5. The minimum Gasteiger partial charge on any atom is -0.321 e. The van der Waals surface area contributed by atoms with Crippen LogP contribution in [0.1, 0.15) is 33.6 Å². The van der Waals surface area contributed by atoms with Gasteiger partial charge in [-0.2, -0.15) is 5.26 Å². The summed E-state index contributed by atoms with van der Waals surface area (Å²) in [6.07, 6.45) is 1.66. The lowest BCUT2D eigenvalue weighted by molar-refractivity contribution is -0.112. The lowest BCUT2D eigenvalue weighted by atomic mass is 10.1. The van der Waals surface area contributed by atoms with Gasteiger partial charge in [0, 0.05) is 22.8 Å². The fourth-order valence-corrected chi connectivity index (χ4v) is 3.46. The SMILES string of the molecule is Cc1cccc(-n2c(C)cc(/C=C(\C#N)C(=O)Nc3cc(C)ccc3C)c2C)c1. The fraction of sp³-hybridized carbons (Fsp3) is 0.200. The smallest absolute Gasteiger partial charge is 0.266 e. The number of rotatable bonds is 4. The van der Waals surface area contributed by atoms with Crippen molar-refractivity contribution in [3.8, 4) is 11.8 Å². The molecule has 1 amide bonds. The first-order valence-electron chi connectivity index (χ1n) is 9.56. The summed E-state index contributed by atoms with van der Waals surface area (Å²) in [5, 5.41) is 12.5. The van der Waals surface area contributed by atoms with Crippen LogP contribution in [-0.4, -0.2) is 10.5 Å². The van der Waals surface area contributed by atoms with E-state index in [1.807, 2.05) is 64.1 Å². The normalized spacial score (nSPS) is 11.2. The second-order valence-corrected chi connectivity index (χ2v) is 7.44. The number of hydrogen-bond acceptors (Lipinski definition) is 2. The second kappa shape index (κ2) is 8.20. The highest BCUT2D eigenvalue weighted by Crippen LogP contribution is 2.24.